The van der Waals surface area contributed by atoms with Crippen molar-refractivity contribution in [1.82, 2.24) is 20.9 Å². The minimum atomic E-state index is 0. The number of nitrogens with zero attached hydrogens (tertiary/aromatic N) is 2. The van der Waals surface area contributed by atoms with Crippen LogP contribution in [-0.2, 0) is 11.3 Å². The van der Waals surface area contributed by atoms with Gasteiger partial charge < -0.3 is 16.0 Å². The maximum Gasteiger partial charge on any atom is 0.222 e. The van der Waals surface area contributed by atoms with Crippen LogP contribution in [0, 0.1) is 5.92 Å². The first-order chi connectivity index (χ1) is 13.0. The summed E-state index contributed by atoms with van der Waals surface area (Å²) < 4.78 is 0. The fourth-order valence-electron chi connectivity index (χ4n) is 3.31. The molecule has 2 atom stereocenters. The van der Waals surface area contributed by atoms with Gasteiger partial charge in [0.2, 0.25) is 5.91 Å². The minimum absolute atomic E-state index is 0. The van der Waals surface area contributed by atoms with Gasteiger partial charge in [-0.05, 0) is 25.8 Å². The van der Waals surface area contributed by atoms with Gasteiger partial charge in [0.05, 0.1) is 6.54 Å². The van der Waals surface area contributed by atoms with Crippen molar-refractivity contribution in [3.05, 3.63) is 35.9 Å². The molecule has 2 rings (SSSR count). The number of carbonyl (C=O) groups is 1. The molecule has 1 heterocycles. The number of rotatable bonds is 8. The Kier molecular flexibility index (Phi) is 11.4. The van der Waals surface area contributed by atoms with E-state index < -0.39 is 0 Å². The number of halogens is 1. The van der Waals surface area contributed by atoms with Gasteiger partial charge in [0.1, 0.15) is 0 Å². The number of benzene rings is 1. The molecule has 1 aromatic carbocycles. The fourth-order valence-corrected chi connectivity index (χ4v) is 3.31. The van der Waals surface area contributed by atoms with Crippen LogP contribution in [0.2, 0.25) is 0 Å². The smallest absolute Gasteiger partial charge is 0.222 e. The fraction of sp³-hybridized carbons (Fsp3) is 0.619. The standard InChI is InChI=1S/C21H35N5O.HI/c1-5-22-21(24-12-11-23-20(27)16(2)3)25-19-13-17(4)26(15-19)14-18-9-7-6-8-10-18;/h6-10,16-17,19H,5,11-15H2,1-4H3,(H,23,27)(H2,22,24,25);1H. The van der Waals surface area contributed by atoms with Gasteiger partial charge in [0.25, 0.3) is 0 Å². The largest absolute Gasteiger partial charge is 0.357 e. The van der Waals surface area contributed by atoms with Crippen molar-refractivity contribution in [2.45, 2.75) is 52.7 Å². The van der Waals surface area contributed by atoms with Crippen molar-refractivity contribution in [3.8, 4) is 0 Å². The zero-order valence-corrected chi connectivity index (χ0v) is 19.9. The molecule has 6 nitrogen and oxygen atoms in total. The topological polar surface area (TPSA) is 68.8 Å². The molecule has 1 aliphatic heterocycles. The highest BCUT2D eigenvalue weighted by atomic mass is 127. The highest BCUT2D eigenvalue weighted by Gasteiger charge is 2.29. The lowest BCUT2D eigenvalue weighted by Crippen LogP contribution is -2.45. The molecule has 0 aliphatic carbocycles. The number of likely N-dealkylation sites (tertiary alicyclic amines) is 1. The predicted molar refractivity (Wildman–Crippen MR) is 127 cm³/mol. The average Bonchev–Trinajstić information content (AvgIpc) is 2.98. The second kappa shape index (κ2) is 13.0. The third-order valence-corrected chi connectivity index (χ3v) is 4.82. The maximum absolute atomic E-state index is 11.6. The molecule has 1 aliphatic rings. The molecule has 1 saturated heterocycles. The van der Waals surface area contributed by atoms with Gasteiger partial charge in [0, 0.05) is 44.2 Å². The van der Waals surface area contributed by atoms with Crippen LogP contribution in [0.5, 0.6) is 0 Å². The summed E-state index contributed by atoms with van der Waals surface area (Å²) in [4.78, 5) is 18.7. The van der Waals surface area contributed by atoms with Gasteiger partial charge in [0.15, 0.2) is 5.96 Å². The second-order valence-corrected chi connectivity index (χ2v) is 7.55. The highest BCUT2D eigenvalue weighted by Crippen LogP contribution is 2.20. The summed E-state index contributed by atoms with van der Waals surface area (Å²) in [6, 6.07) is 11.5. The van der Waals surface area contributed by atoms with Crippen molar-refractivity contribution < 1.29 is 4.79 Å². The molecule has 0 bridgehead atoms. The van der Waals surface area contributed by atoms with Crippen LogP contribution in [0.15, 0.2) is 35.3 Å². The Balaban J connectivity index is 0.00000392. The van der Waals surface area contributed by atoms with Crippen LogP contribution in [0.25, 0.3) is 0 Å². The number of nitrogens with one attached hydrogen (secondary N) is 3. The van der Waals surface area contributed by atoms with Crippen LogP contribution in [0.3, 0.4) is 0 Å². The Hall–Kier alpha value is -1.35. The van der Waals surface area contributed by atoms with E-state index >= 15 is 0 Å². The van der Waals surface area contributed by atoms with E-state index in [1.807, 2.05) is 13.8 Å². The lowest BCUT2D eigenvalue weighted by atomic mass is 10.2. The molecule has 1 amide bonds. The Morgan fingerprint density at radius 1 is 1.25 bits per heavy atom. The molecule has 2 unspecified atom stereocenters. The quantitative estimate of drug-likeness (QED) is 0.222. The van der Waals surface area contributed by atoms with Gasteiger partial charge in [-0.3, -0.25) is 14.7 Å². The molecular formula is C21H36IN5O. The van der Waals surface area contributed by atoms with Crippen molar-refractivity contribution in [2.75, 3.05) is 26.2 Å². The maximum atomic E-state index is 11.6. The van der Waals surface area contributed by atoms with E-state index in [1.54, 1.807) is 0 Å². The van der Waals surface area contributed by atoms with Crippen molar-refractivity contribution >= 4 is 35.8 Å². The first-order valence-electron chi connectivity index (χ1n) is 10.1. The van der Waals surface area contributed by atoms with Gasteiger partial charge in [-0.1, -0.05) is 44.2 Å². The molecule has 0 aromatic heterocycles. The number of carbonyl (C=O) groups excluding carboxylic acids is 1. The SMILES string of the molecule is CCNC(=NCCNC(=O)C(C)C)NC1CC(C)N(Cc2ccccc2)C1.I. The summed E-state index contributed by atoms with van der Waals surface area (Å²) in [6.07, 6.45) is 1.10. The number of hydrogen-bond acceptors (Lipinski definition) is 3. The van der Waals surface area contributed by atoms with Gasteiger partial charge in [-0.25, -0.2) is 0 Å². The van der Waals surface area contributed by atoms with Crippen LogP contribution in [0.1, 0.15) is 39.7 Å². The zero-order valence-electron chi connectivity index (χ0n) is 17.6. The molecule has 3 N–H and O–H groups in total. The third kappa shape index (κ3) is 8.34. The van der Waals surface area contributed by atoms with E-state index in [2.05, 4.69) is 70.0 Å². The highest BCUT2D eigenvalue weighted by molar-refractivity contribution is 14.0. The first kappa shape index (κ1) is 24.7. The van der Waals surface area contributed by atoms with E-state index in [4.69, 9.17) is 0 Å². The average molecular weight is 501 g/mol. The summed E-state index contributed by atoms with van der Waals surface area (Å²) in [6.45, 7) is 12.1. The van der Waals surface area contributed by atoms with Crippen molar-refractivity contribution in [2.24, 2.45) is 10.9 Å². The van der Waals surface area contributed by atoms with Gasteiger partial charge in [-0.15, -0.1) is 24.0 Å². The van der Waals surface area contributed by atoms with E-state index in [0.29, 0.717) is 25.2 Å². The first-order valence-corrected chi connectivity index (χ1v) is 10.1. The molecule has 7 heteroatoms. The predicted octanol–water partition coefficient (Wildman–Crippen LogP) is 2.59. The number of amides is 1. The second-order valence-electron chi connectivity index (χ2n) is 7.55. The van der Waals surface area contributed by atoms with Crippen molar-refractivity contribution in [1.29, 1.82) is 0 Å². The molecule has 0 saturated carbocycles. The summed E-state index contributed by atoms with van der Waals surface area (Å²) >= 11 is 0. The molecular weight excluding hydrogens is 465 g/mol. The Morgan fingerprint density at radius 2 is 1.96 bits per heavy atom. The Bertz CT molecular complexity index is 608. The van der Waals surface area contributed by atoms with E-state index in [1.165, 1.54) is 5.56 Å². The van der Waals surface area contributed by atoms with Crippen LogP contribution in [-0.4, -0.2) is 55.0 Å². The lowest BCUT2D eigenvalue weighted by Gasteiger charge is -2.21. The number of hydrogen-bond donors (Lipinski definition) is 3. The summed E-state index contributed by atoms with van der Waals surface area (Å²) in [7, 11) is 0. The minimum Gasteiger partial charge on any atom is -0.357 e. The molecule has 28 heavy (non-hydrogen) atoms. The number of guanidine groups is 1. The van der Waals surface area contributed by atoms with Crippen LogP contribution < -0.4 is 16.0 Å². The van der Waals surface area contributed by atoms with E-state index in [-0.39, 0.29) is 35.8 Å². The lowest BCUT2D eigenvalue weighted by molar-refractivity contribution is -0.123. The normalized spacial score (nSPS) is 20.0. The Labute approximate surface area is 187 Å². The molecule has 1 aromatic rings. The molecule has 0 radical (unpaired) electrons. The third-order valence-electron chi connectivity index (χ3n) is 4.82. The van der Waals surface area contributed by atoms with E-state index in [9.17, 15) is 4.79 Å². The van der Waals surface area contributed by atoms with E-state index in [0.717, 1.165) is 32.0 Å². The summed E-state index contributed by atoms with van der Waals surface area (Å²) in [5, 5.41) is 9.77. The van der Waals surface area contributed by atoms with Gasteiger partial charge in [-0.2, -0.15) is 0 Å². The molecule has 1 fully saturated rings. The number of aliphatic imine (C=N–C) groups is 1. The van der Waals surface area contributed by atoms with Gasteiger partial charge >= 0.3 is 0 Å². The molecule has 158 valence electrons. The van der Waals surface area contributed by atoms with Crippen LogP contribution >= 0.6 is 24.0 Å². The molecule has 0 spiro atoms. The van der Waals surface area contributed by atoms with Crippen LogP contribution in [0.4, 0.5) is 0 Å². The van der Waals surface area contributed by atoms with Crippen molar-refractivity contribution in [3.63, 3.8) is 0 Å². The summed E-state index contributed by atoms with van der Waals surface area (Å²) in [5.74, 6) is 0.912. The summed E-state index contributed by atoms with van der Waals surface area (Å²) in [5.41, 5.74) is 1.35. The monoisotopic (exact) mass is 501 g/mol. The Morgan fingerprint density at radius 3 is 2.61 bits per heavy atom. The zero-order chi connectivity index (χ0) is 19.6.